The molecular weight excluding hydrogens is 470 g/mol. The number of thioether (sulfide) groups is 1. The second kappa shape index (κ2) is 9.93. The highest BCUT2D eigenvalue weighted by Gasteiger charge is 2.46. The third-order valence-corrected chi connectivity index (χ3v) is 8.09. The van der Waals surface area contributed by atoms with Crippen LogP contribution in [0.15, 0.2) is 40.3 Å². The van der Waals surface area contributed by atoms with Gasteiger partial charge in [0.05, 0.1) is 30.9 Å². The summed E-state index contributed by atoms with van der Waals surface area (Å²) in [4.78, 5) is 19.0. The SMILES string of the molecule is CSc1cnc(-c2ccc3nc(OCCC4(c5cnno5)CCNCC4C(C)C)sc3n2)cn1. The molecule has 2 unspecified atom stereocenters. The zero-order valence-electron chi connectivity index (χ0n) is 19.4. The second-order valence-electron chi connectivity index (χ2n) is 8.79. The van der Waals surface area contributed by atoms with Crippen LogP contribution in [0.1, 0.15) is 32.4 Å². The van der Waals surface area contributed by atoms with Crippen molar-refractivity contribution >= 4 is 33.4 Å². The van der Waals surface area contributed by atoms with Gasteiger partial charge in [0.15, 0.2) is 5.76 Å². The van der Waals surface area contributed by atoms with E-state index in [1.165, 1.54) is 11.3 Å². The topological polar surface area (TPSA) is 112 Å². The van der Waals surface area contributed by atoms with Crippen LogP contribution in [0, 0.1) is 11.8 Å². The largest absolute Gasteiger partial charge is 0.470 e. The smallest absolute Gasteiger partial charge is 0.275 e. The molecule has 4 aromatic heterocycles. The molecule has 0 radical (unpaired) electrons. The number of piperidine rings is 1. The normalized spacial score (nSPS) is 20.8. The van der Waals surface area contributed by atoms with Gasteiger partial charge < -0.3 is 14.6 Å². The summed E-state index contributed by atoms with van der Waals surface area (Å²) in [5, 5.41) is 12.8. The summed E-state index contributed by atoms with van der Waals surface area (Å²) in [6, 6.07) is 3.87. The van der Waals surface area contributed by atoms with Gasteiger partial charge in [-0.05, 0) is 56.2 Å². The lowest BCUT2D eigenvalue weighted by Crippen LogP contribution is -2.50. The Kier molecular flexibility index (Phi) is 6.75. The number of pyridine rings is 1. The number of aromatic nitrogens is 6. The zero-order chi connectivity index (χ0) is 23.5. The highest BCUT2D eigenvalue weighted by atomic mass is 32.2. The molecule has 1 aliphatic rings. The predicted octanol–water partition coefficient (Wildman–Crippen LogP) is 4.23. The van der Waals surface area contributed by atoms with Crippen molar-refractivity contribution < 1.29 is 9.26 Å². The minimum absolute atomic E-state index is 0.160. The van der Waals surface area contributed by atoms with Crippen molar-refractivity contribution in [3.63, 3.8) is 0 Å². The van der Waals surface area contributed by atoms with Gasteiger partial charge in [0, 0.05) is 10.7 Å². The van der Waals surface area contributed by atoms with Crippen LogP contribution in [-0.2, 0) is 5.41 Å². The van der Waals surface area contributed by atoms with Crippen LogP contribution in [-0.4, -0.2) is 56.3 Å². The molecule has 1 fully saturated rings. The summed E-state index contributed by atoms with van der Waals surface area (Å²) in [6.45, 7) is 6.91. The van der Waals surface area contributed by atoms with Crippen LogP contribution in [0.25, 0.3) is 21.7 Å². The Bertz CT molecular complexity index is 1230. The number of ether oxygens (including phenoxy) is 1. The predicted molar refractivity (Wildman–Crippen MR) is 132 cm³/mol. The van der Waals surface area contributed by atoms with Gasteiger partial charge in [0.2, 0.25) is 0 Å². The summed E-state index contributed by atoms with van der Waals surface area (Å²) in [7, 11) is 0. The fraction of sp³-hybridized carbons (Fsp3) is 0.478. The van der Waals surface area contributed by atoms with Crippen molar-refractivity contribution in [1.82, 2.24) is 35.6 Å². The molecule has 178 valence electrons. The number of hydrogen-bond donors (Lipinski definition) is 1. The fourth-order valence-electron chi connectivity index (χ4n) is 4.83. The van der Waals surface area contributed by atoms with Crippen LogP contribution in [0.4, 0.5) is 0 Å². The Morgan fingerprint density at radius 2 is 2.12 bits per heavy atom. The van der Waals surface area contributed by atoms with Crippen molar-refractivity contribution in [3.8, 4) is 16.6 Å². The summed E-state index contributed by atoms with van der Waals surface area (Å²) in [6.07, 6.45) is 9.01. The van der Waals surface area contributed by atoms with E-state index in [1.807, 2.05) is 18.4 Å². The molecule has 11 heteroatoms. The maximum Gasteiger partial charge on any atom is 0.275 e. The molecule has 34 heavy (non-hydrogen) atoms. The van der Waals surface area contributed by atoms with Crippen LogP contribution >= 0.6 is 23.1 Å². The van der Waals surface area contributed by atoms with E-state index in [1.54, 1.807) is 30.4 Å². The standard InChI is InChI=1S/C23H27N7O2S2/c1-14(2)15-10-24-8-6-23(15,19-12-27-30-32-19)7-9-31-22-29-17-5-4-16(28-21(17)34-22)18-11-26-20(33-3)13-25-18/h4-5,11-15,24H,6-10H2,1-3H3. The van der Waals surface area contributed by atoms with E-state index in [4.69, 9.17) is 14.2 Å². The average molecular weight is 498 g/mol. The first-order valence-corrected chi connectivity index (χ1v) is 13.4. The monoisotopic (exact) mass is 497 g/mol. The number of thiazole rings is 1. The Hall–Kier alpha value is -2.63. The van der Waals surface area contributed by atoms with Gasteiger partial charge in [0.1, 0.15) is 21.1 Å². The Morgan fingerprint density at radius 1 is 1.21 bits per heavy atom. The van der Waals surface area contributed by atoms with E-state index in [2.05, 4.69) is 44.5 Å². The Labute approximate surface area is 206 Å². The third kappa shape index (κ3) is 4.51. The quantitative estimate of drug-likeness (QED) is 0.355. The molecule has 2 atom stereocenters. The fourth-order valence-corrected chi connectivity index (χ4v) is 5.96. The summed E-state index contributed by atoms with van der Waals surface area (Å²) >= 11 is 3.01. The van der Waals surface area contributed by atoms with Crippen LogP contribution in [0.3, 0.4) is 0 Å². The molecule has 0 aromatic carbocycles. The highest BCUT2D eigenvalue weighted by molar-refractivity contribution is 7.98. The molecule has 0 bridgehead atoms. The summed E-state index contributed by atoms with van der Waals surface area (Å²) < 4.78 is 11.8. The molecule has 1 saturated heterocycles. The number of hydrogen-bond acceptors (Lipinski definition) is 11. The van der Waals surface area contributed by atoms with Gasteiger partial charge in [-0.3, -0.25) is 4.98 Å². The molecule has 0 spiro atoms. The van der Waals surface area contributed by atoms with Crippen molar-refractivity contribution in [2.24, 2.45) is 11.8 Å². The molecule has 5 rings (SSSR count). The second-order valence-corrected chi connectivity index (χ2v) is 10.6. The van der Waals surface area contributed by atoms with Crippen LogP contribution in [0.5, 0.6) is 5.19 Å². The first-order chi connectivity index (χ1) is 16.6. The molecule has 9 nitrogen and oxygen atoms in total. The van der Waals surface area contributed by atoms with Crippen molar-refractivity contribution in [3.05, 3.63) is 36.5 Å². The Morgan fingerprint density at radius 3 is 2.85 bits per heavy atom. The number of nitrogens with one attached hydrogen (secondary N) is 1. The van der Waals surface area contributed by atoms with Gasteiger partial charge in [0.25, 0.3) is 5.19 Å². The molecule has 1 N–H and O–H groups in total. The lowest BCUT2D eigenvalue weighted by molar-refractivity contribution is 0.0902. The van der Waals surface area contributed by atoms with E-state index in [0.29, 0.717) is 23.6 Å². The molecule has 1 aliphatic heterocycles. The molecule has 0 saturated carbocycles. The molecule has 0 amide bonds. The van der Waals surface area contributed by atoms with Gasteiger partial charge in [-0.15, -0.1) is 16.9 Å². The van der Waals surface area contributed by atoms with E-state index in [9.17, 15) is 0 Å². The maximum atomic E-state index is 6.15. The zero-order valence-corrected chi connectivity index (χ0v) is 21.0. The molecule has 0 aliphatic carbocycles. The van der Waals surface area contributed by atoms with E-state index < -0.39 is 0 Å². The molecule has 5 heterocycles. The van der Waals surface area contributed by atoms with Gasteiger partial charge in [-0.2, -0.15) is 0 Å². The van der Waals surface area contributed by atoms with E-state index >= 15 is 0 Å². The molecule has 4 aromatic rings. The maximum absolute atomic E-state index is 6.15. The van der Waals surface area contributed by atoms with Gasteiger partial charge in [-0.25, -0.2) is 15.0 Å². The van der Waals surface area contributed by atoms with Crippen molar-refractivity contribution in [1.29, 1.82) is 0 Å². The lowest BCUT2D eigenvalue weighted by atomic mass is 9.63. The van der Waals surface area contributed by atoms with Crippen molar-refractivity contribution in [2.75, 3.05) is 26.0 Å². The number of fused-ring (bicyclic) bond motifs is 1. The number of rotatable bonds is 8. The van der Waals surface area contributed by atoms with Crippen LogP contribution < -0.4 is 10.1 Å². The van der Waals surface area contributed by atoms with Crippen molar-refractivity contribution in [2.45, 2.75) is 37.1 Å². The van der Waals surface area contributed by atoms with Crippen LogP contribution in [0.2, 0.25) is 0 Å². The van der Waals surface area contributed by atoms with E-state index in [0.717, 1.165) is 58.5 Å². The number of nitrogens with zero attached hydrogens (tertiary/aromatic N) is 6. The van der Waals surface area contributed by atoms with Gasteiger partial charge >= 0.3 is 0 Å². The highest BCUT2D eigenvalue weighted by Crippen LogP contribution is 2.44. The first-order valence-electron chi connectivity index (χ1n) is 11.3. The van der Waals surface area contributed by atoms with Gasteiger partial charge in [-0.1, -0.05) is 25.2 Å². The minimum atomic E-state index is -0.160. The minimum Gasteiger partial charge on any atom is -0.470 e. The Balaban J connectivity index is 1.33. The van der Waals surface area contributed by atoms with E-state index in [-0.39, 0.29) is 5.41 Å². The average Bonchev–Trinajstić information content (AvgIpc) is 3.54. The molecular formula is C23H27N7O2S2. The summed E-state index contributed by atoms with van der Waals surface area (Å²) in [5.41, 5.74) is 2.17. The summed E-state index contributed by atoms with van der Waals surface area (Å²) in [5.74, 6) is 1.73. The first kappa shape index (κ1) is 23.1. The third-order valence-electron chi connectivity index (χ3n) is 6.59. The lowest BCUT2D eigenvalue weighted by Gasteiger charge is -2.44.